The first-order chi connectivity index (χ1) is 18.4. The van der Waals surface area contributed by atoms with Gasteiger partial charge in [-0.25, -0.2) is 10.2 Å². The van der Waals surface area contributed by atoms with Gasteiger partial charge < -0.3 is 19.5 Å². The van der Waals surface area contributed by atoms with Crippen LogP contribution in [-0.2, 0) is 22.6 Å². The fourth-order valence-electron chi connectivity index (χ4n) is 3.45. The van der Waals surface area contributed by atoms with Gasteiger partial charge in [0.25, 0.3) is 11.6 Å². The number of methoxy groups -OCH3 is 1. The second kappa shape index (κ2) is 14.0. The van der Waals surface area contributed by atoms with E-state index < -0.39 is 23.0 Å². The fraction of sp³-hybridized carbons (Fsp3) is 0.222. The topological polar surface area (TPSA) is 141 Å². The highest BCUT2D eigenvalue weighted by atomic mass is 16.6. The number of rotatable bonds is 12. The lowest BCUT2D eigenvalue weighted by Gasteiger charge is -2.17. The molecule has 11 nitrogen and oxygen atoms in total. The van der Waals surface area contributed by atoms with Crippen molar-refractivity contribution >= 4 is 23.9 Å². The third kappa shape index (κ3) is 8.05. The molecule has 0 heterocycles. The molecule has 2 amide bonds. The van der Waals surface area contributed by atoms with Gasteiger partial charge in [-0.15, -0.1) is 0 Å². The third-order valence-electron chi connectivity index (χ3n) is 5.29. The van der Waals surface area contributed by atoms with Crippen LogP contribution in [0.25, 0.3) is 0 Å². The van der Waals surface area contributed by atoms with Gasteiger partial charge in [0.1, 0.15) is 12.6 Å². The lowest BCUT2D eigenvalue weighted by Crippen LogP contribution is -2.47. The van der Waals surface area contributed by atoms with Crippen LogP contribution in [0.3, 0.4) is 0 Å². The Balaban J connectivity index is 1.76. The van der Waals surface area contributed by atoms with Crippen molar-refractivity contribution in [1.82, 2.24) is 10.7 Å². The zero-order valence-corrected chi connectivity index (χ0v) is 21.0. The number of carbonyl (C=O) groups is 2. The summed E-state index contributed by atoms with van der Waals surface area (Å²) in [5, 5.41) is 18.1. The molecule has 0 saturated heterocycles. The van der Waals surface area contributed by atoms with E-state index in [0.29, 0.717) is 0 Å². The van der Waals surface area contributed by atoms with Crippen LogP contribution in [0.2, 0.25) is 0 Å². The third-order valence-corrected chi connectivity index (χ3v) is 5.29. The fourth-order valence-corrected chi connectivity index (χ4v) is 3.45. The van der Waals surface area contributed by atoms with Crippen molar-refractivity contribution in [1.29, 1.82) is 0 Å². The summed E-state index contributed by atoms with van der Waals surface area (Å²) >= 11 is 0. The van der Waals surface area contributed by atoms with Crippen molar-refractivity contribution in [2.24, 2.45) is 5.10 Å². The summed E-state index contributed by atoms with van der Waals surface area (Å²) in [4.78, 5) is 35.9. The highest BCUT2D eigenvalue weighted by Crippen LogP contribution is 2.34. The monoisotopic (exact) mass is 520 g/mol. The molecule has 0 spiro atoms. The molecular formula is C27H28N4O7. The highest BCUT2D eigenvalue weighted by Gasteiger charge is 2.23. The van der Waals surface area contributed by atoms with Gasteiger partial charge in [0.2, 0.25) is 0 Å². The minimum Gasteiger partial charge on any atom is -0.493 e. The van der Waals surface area contributed by atoms with Crippen molar-refractivity contribution in [2.75, 3.05) is 13.7 Å². The number of hydrogen-bond donors (Lipinski definition) is 2. The molecule has 0 fully saturated rings. The van der Waals surface area contributed by atoms with Gasteiger partial charge in [-0.3, -0.25) is 14.9 Å². The average Bonchev–Trinajstić information content (AvgIpc) is 2.92. The van der Waals surface area contributed by atoms with Crippen molar-refractivity contribution in [3.63, 3.8) is 0 Å². The number of nitro benzene ring substituents is 1. The first kappa shape index (κ1) is 27.7. The predicted octanol–water partition coefficient (Wildman–Crippen LogP) is 3.99. The number of nitrogens with one attached hydrogen (secondary N) is 2. The minimum absolute atomic E-state index is 0.0807. The number of ether oxygens (including phenoxy) is 3. The molecule has 2 N–H and O–H groups in total. The maximum atomic E-state index is 12.8. The summed E-state index contributed by atoms with van der Waals surface area (Å²) in [6.45, 7) is 1.98. The lowest BCUT2D eigenvalue weighted by atomic mass is 10.1. The van der Waals surface area contributed by atoms with E-state index in [0.717, 1.165) is 17.3 Å². The molecular weight excluding hydrogens is 492 g/mol. The lowest BCUT2D eigenvalue weighted by molar-refractivity contribution is -0.385. The summed E-state index contributed by atoms with van der Waals surface area (Å²) in [5.74, 6) is -0.188. The van der Waals surface area contributed by atoms with E-state index in [1.807, 2.05) is 60.7 Å². The maximum Gasteiger partial charge on any atom is 0.407 e. The number of amides is 2. The van der Waals surface area contributed by atoms with Crippen LogP contribution in [0.4, 0.5) is 10.5 Å². The van der Waals surface area contributed by atoms with Gasteiger partial charge in [-0.1, -0.05) is 60.7 Å². The van der Waals surface area contributed by atoms with Gasteiger partial charge in [0.05, 0.1) is 36.5 Å². The van der Waals surface area contributed by atoms with Crippen LogP contribution in [0.5, 0.6) is 11.5 Å². The van der Waals surface area contributed by atoms with Crippen LogP contribution in [0.1, 0.15) is 23.6 Å². The molecule has 38 heavy (non-hydrogen) atoms. The normalized spacial score (nSPS) is 11.4. The molecule has 198 valence electrons. The molecule has 0 bridgehead atoms. The first-order valence-corrected chi connectivity index (χ1v) is 11.7. The molecule has 3 aromatic carbocycles. The number of nitrogens with zero attached hydrogens (tertiary/aromatic N) is 2. The van der Waals surface area contributed by atoms with Gasteiger partial charge in [-0.2, -0.15) is 5.10 Å². The average molecular weight is 521 g/mol. The molecule has 0 aliphatic carbocycles. The number of hydrogen-bond acceptors (Lipinski definition) is 8. The Hall–Kier alpha value is -4.93. The molecule has 3 rings (SSSR count). The van der Waals surface area contributed by atoms with E-state index in [4.69, 9.17) is 14.2 Å². The summed E-state index contributed by atoms with van der Waals surface area (Å²) in [5.41, 5.74) is 3.80. The Labute approximate surface area is 219 Å². The number of nitro groups is 1. The van der Waals surface area contributed by atoms with E-state index in [1.54, 1.807) is 6.92 Å². The quantitative estimate of drug-likeness (QED) is 0.209. The summed E-state index contributed by atoms with van der Waals surface area (Å²) in [6.07, 6.45) is 0.561. The van der Waals surface area contributed by atoms with E-state index >= 15 is 0 Å². The molecule has 0 aromatic heterocycles. The molecule has 1 atom stereocenters. The number of benzene rings is 3. The Morgan fingerprint density at radius 3 is 2.29 bits per heavy atom. The number of alkyl carbamates (subject to hydrolysis) is 1. The largest absolute Gasteiger partial charge is 0.493 e. The van der Waals surface area contributed by atoms with E-state index in [1.165, 1.54) is 19.2 Å². The molecule has 0 aliphatic rings. The Morgan fingerprint density at radius 2 is 1.68 bits per heavy atom. The predicted molar refractivity (Wildman–Crippen MR) is 140 cm³/mol. The summed E-state index contributed by atoms with van der Waals surface area (Å²) in [7, 11) is 1.41. The Morgan fingerprint density at radius 1 is 1.03 bits per heavy atom. The van der Waals surface area contributed by atoms with E-state index in [-0.39, 0.29) is 42.4 Å². The van der Waals surface area contributed by atoms with Gasteiger partial charge in [0.15, 0.2) is 11.5 Å². The Kier molecular flexibility index (Phi) is 10.2. The molecule has 3 aromatic rings. The van der Waals surface area contributed by atoms with Crippen LogP contribution < -0.4 is 20.2 Å². The molecule has 11 heteroatoms. The maximum absolute atomic E-state index is 12.8. The minimum atomic E-state index is -0.994. The summed E-state index contributed by atoms with van der Waals surface area (Å²) < 4.78 is 16.0. The van der Waals surface area contributed by atoms with Crippen LogP contribution in [0.15, 0.2) is 77.9 Å². The van der Waals surface area contributed by atoms with E-state index in [9.17, 15) is 19.7 Å². The zero-order valence-electron chi connectivity index (χ0n) is 21.0. The van der Waals surface area contributed by atoms with Crippen molar-refractivity contribution < 1.29 is 28.7 Å². The smallest absolute Gasteiger partial charge is 0.407 e. The first-order valence-electron chi connectivity index (χ1n) is 11.7. The molecule has 0 unspecified atom stereocenters. The van der Waals surface area contributed by atoms with Crippen molar-refractivity contribution in [2.45, 2.75) is 26.0 Å². The molecule has 0 aliphatic heterocycles. The van der Waals surface area contributed by atoms with Gasteiger partial charge in [-0.05, 0) is 24.1 Å². The molecule has 0 saturated carbocycles. The van der Waals surface area contributed by atoms with Crippen LogP contribution >= 0.6 is 0 Å². The second-order valence-corrected chi connectivity index (χ2v) is 7.93. The number of hydrazone groups is 1. The molecule has 0 radical (unpaired) electrons. The summed E-state index contributed by atoms with van der Waals surface area (Å²) in [6, 6.07) is 20.1. The standard InChI is InChI=1S/C27H28N4O7/c1-3-37-27(33)29-22(14-19-10-6-4-7-11-19)26(32)30-28-17-21-15-24(36-2)25(16-23(21)31(34)35)38-18-20-12-8-5-9-13-20/h4-13,15-17,22H,3,14,18H2,1-2H3,(H,29,33)(H,30,32)/b28-17-/t22-/m1/s1. The SMILES string of the molecule is CCOC(=O)N[C@H](Cc1ccccc1)C(=O)N/N=C\c1cc(OC)c(OCc2ccccc2)cc1[N+](=O)[O-]. The zero-order chi connectivity index (χ0) is 27.3. The van der Waals surface area contributed by atoms with Gasteiger partial charge in [0, 0.05) is 6.42 Å². The van der Waals surface area contributed by atoms with Gasteiger partial charge >= 0.3 is 6.09 Å². The Bertz CT molecular complexity index is 1270. The van der Waals surface area contributed by atoms with E-state index in [2.05, 4.69) is 15.8 Å². The van der Waals surface area contributed by atoms with Crippen LogP contribution in [-0.4, -0.2) is 42.9 Å². The number of carbonyl (C=O) groups excluding carboxylic acids is 2. The van der Waals surface area contributed by atoms with Crippen molar-refractivity contribution in [3.05, 3.63) is 99.6 Å². The van der Waals surface area contributed by atoms with Crippen LogP contribution in [0, 0.1) is 10.1 Å². The highest BCUT2D eigenvalue weighted by molar-refractivity contribution is 5.90. The van der Waals surface area contributed by atoms with Crippen molar-refractivity contribution in [3.8, 4) is 11.5 Å². The second-order valence-electron chi connectivity index (χ2n) is 7.93.